The number of aryl methyl sites for hydroxylation is 1. The number of rotatable bonds is 4. The third kappa shape index (κ3) is 2.45. The summed E-state index contributed by atoms with van der Waals surface area (Å²) >= 11 is 1.68. The number of hydrogen-bond acceptors (Lipinski definition) is 3. The number of benzene rings is 1. The van der Waals surface area contributed by atoms with Gasteiger partial charge in [-0.25, -0.2) is 9.78 Å². The van der Waals surface area contributed by atoms with E-state index in [2.05, 4.69) is 28.7 Å². The van der Waals surface area contributed by atoms with Crippen molar-refractivity contribution in [3.05, 3.63) is 52.0 Å². The fourth-order valence-electron chi connectivity index (χ4n) is 2.82. The summed E-state index contributed by atoms with van der Waals surface area (Å²) < 4.78 is 2.04. The van der Waals surface area contributed by atoms with Gasteiger partial charge in [-0.05, 0) is 54.8 Å². The fraction of sp³-hybridized carbons (Fsp3) is 0.250. The second-order valence-electron chi connectivity index (χ2n) is 5.19. The van der Waals surface area contributed by atoms with E-state index in [1.54, 1.807) is 23.5 Å². The maximum absolute atomic E-state index is 11.5. The molecule has 3 rings (SSSR count). The molecular weight excluding hydrogens is 284 g/mol. The molecule has 3 aromatic rings. The summed E-state index contributed by atoms with van der Waals surface area (Å²) in [6.07, 6.45) is 0.865. The van der Waals surface area contributed by atoms with E-state index in [1.807, 2.05) is 17.6 Å². The lowest BCUT2D eigenvalue weighted by molar-refractivity contribution is 0.0698. The van der Waals surface area contributed by atoms with E-state index in [-0.39, 0.29) is 6.04 Å². The largest absolute Gasteiger partial charge is 0.478 e. The molecule has 0 bridgehead atoms. The second kappa shape index (κ2) is 5.33. The Morgan fingerprint density at radius 3 is 2.90 bits per heavy atom. The molecule has 2 heterocycles. The van der Waals surface area contributed by atoms with Crippen molar-refractivity contribution in [1.29, 1.82) is 0 Å². The number of fused-ring (bicyclic) bond motifs is 1. The van der Waals surface area contributed by atoms with Gasteiger partial charge in [-0.15, -0.1) is 0 Å². The van der Waals surface area contributed by atoms with Crippen LogP contribution in [0.4, 0.5) is 0 Å². The minimum Gasteiger partial charge on any atom is -0.478 e. The first kappa shape index (κ1) is 13.8. The van der Waals surface area contributed by atoms with Crippen LogP contribution in [0, 0.1) is 6.92 Å². The van der Waals surface area contributed by atoms with Crippen molar-refractivity contribution in [2.75, 3.05) is 0 Å². The van der Waals surface area contributed by atoms with Gasteiger partial charge in [0.25, 0.3) is 0 Å². The maximum atomic E-state index is 11.5. The molecule has 1 aromatic carbocycles. The molecule has 0 fully saturated rings. The van der Waals surface area contributed by atoms with Crippen molar-refractivity contribution < 1.29 is 9.90 Å². The average Bonchev–Trinajstić information content (AvgIpc) is 3.03. The maximum Gasteiger partial charge on any atom is 0.337 e. The lowest BCUT2D eigenvalue weighted by atomic mass is 10.1. The lowest BCUT2D eigenvalue weighted by Gasteiger charge is -2.16. The Hall–Kier alpha value is -2.14. The van der Waals surface area contributed by atoms with Crippen LogP contribution in [-0.4, -0.2) is 20.6 Å². The smallest absolute Gasteiger partial charge is 0.337 e. The summed E-state index contributed by atoms with van der Waals surface area (Å²) in [7, 11) is 0. The van der Waals surface area contributed by atoms with E-state index in [0.717, 1.165) is 17.8 Å². The van der Waals surface area contributed by atoms with E-state index >= 15 is 0 Å². The standard InChI is InChI=1S/C16H16N2O2S/c1-10(8-12-6-7-21-9-12)18-11(2)17-14-5-3-4-13(15(14)18)16(19)20/h3-7,9-10H,8H2,1-2H3,(H,19,20). The molecule has 0 aliphatic rings. The highest BCUT2D eigenvalue weighted by atomic mass is 32.1. The minimum absolute atomic E-state index is 0.157. The zero-order chi connectivity index (χ0) is 15.0. The van der Waals surface area contributed by atoms with Crippen LogP contribution >= 0.6 is 11.3 Å². The molecule has 2 aromatic heterocycles. The Bertz CT molecular complexity index is 790. The van der Waals surface area contributed by atoms with Crippen molar-refractivity contribution in [3.63, 3.8) is 0 Å². The number of imidazole rings is 1. The molecule has 1 atom stereocenters. The Labute approximate surface area is 126 Å². The molecule has 5 heteroatoms. The normalized spacial score (nSPS) is 12.7. The van der Waals surface area contributed by atoms with Gasteiger partial charge in [0.05, 0.1) is 16.6 Å². The number of para-hydroxylation sites is 1. The van der Waals surface area contributed by atoms with Crippen molar-refractivity contribution in [3.8, 4) is 0 Å². The number of carboxylic acids is 1. The van der Waals surface area contributed by atoms with Crippen LogP contribution in [0.25, 0.3) is 11.0 Å². The van der Waals surface area contributed by atoms with Crippen molar-refractivity contribution in [1.82, 2.24) is 9.55 Å². The van der Waals surface area contributed by atoms with Gasteiger partial charge in [-0.2, -0.15) is 11.3 Å². The van der Waals surface area contributed by atoms with E-state index in [9.17, 15) is 9.90 Å². The lowest BCUT2D eigenvalue weighted by Crippen LogP contribution is -2.12. The van der Waals surface area contributed by atoms with Gasteiger partial charge in [-0.1, -0.05) is 6.07 Å². The predicted molar refractivity (Wildman–Crippen MR) is 84.2 cm³/mol. The molecule has 0 aliphatic heterocycles. The van der Waals surface area contributed by atoms with E-state index in [4.69, 9.17) is 0 Å². The molecule has 0 radical (unpaired) electrons. The number of nitrogens with zero attached hydrogens (tertiary/aromatic N) is 2. The molecule has 21 heavy (non-hydrogen) atoms. The number of aromatic carboxylic acids is 1. The van der Waals surface area contributed by atoms with E-state index < -0.39 is 5.97 Å². The molecule has 0 aliphatic carbocycles. The molecular formula is C16H16N2O2S. The number of aromatic nitrogens is 2. The quantitative estimate of drug-likeness (QED) is 0.795. The SMILES string of the molecule is Cc1nc2cccc(C(=O)O)c2n1C(C)Cc1ccsc1. The Kier molecular flexibility index (Phi) is 3.51. The highest BCUT2D eigenvalue weighted by molar-refractivity contribution is 7.07. The molecule has 0 saturated carbocycles. The van der Waals surface area contributed by atoms with Crippen LogP contribution in [0.2, 0.25) is 0 Å². The first-order valence-corrected chi connectivity index (χ1v) is 7.74. The molecule has 108 valence electrons. The highest BCUT2D eigenvalue weighted by Crippen LogP contribution is 2.26. The van der Waals surface area contributed by atoms with Crippen LogP contribution in [-0.2, 0) is 6.42 Å². The van der Waals surface area contributed by atoms with Gasteiger partial charge >= 0.3 is 5.97 Å². The van der Waals surface area contributed by atoms with Gasteiger partial charge < -0.3 is 9.67 Å². The van der Waals surface area contributed by atoms with Gasteiger partial charge in [-0.3, -0.25) is 0 Å². The summed E-state index contributed by atoms with van der Waals surface area (Å²) in [5, 5.41) is 13.6. The zero-order valence-electron chi connectivity index (χ0n) is 11.9. The molecule has 0 amide bonds. The Balaban J connectivity index is 2.12. The van der Waals surface area contributed by atoms with Crippen LogP contribution < -0.4 is 0 Å². The van der Waals surface area contributed by atoms with E-state index in [1.165, 1.54) is 5.56 Å². The van der Waals surface area contributed by atoms with Crippen molar-refractivity contribution >= 4 is 28.3 Å². The Morgan fingerprint density at radius 2 is 2.24 bits per heavy atom. The van der Waals surface area contributed by atoms with Gasteiger partial charge in [0.2, 0.25) is 0 Å². The van der Waals surface area contributed by atoms with Crippen LogP contribution in [0.5, 0.6) is 0 Å². The fourth-order valence-corrected chi connectivity index (χ4v) is 3.50. The molecule has 0 spiro atoms. The van der Waals surface area contributed by atoms with E-state index in [0.29, 0.717) is 11.1 Å². The number of hydrogen-bond donors (Lipinski definition) is 1. The zero-order valence-corrected chi connectivity index (χ0v) is 12.7. The first-order valence-electron chi connectivity index (χ1n) is 6.80. The van der Waals surface area contributed by atoms with Crippen molar-refractivity contribution in [2.45, 2.75) is 26.3 Å². The number of carbonyl (C=O) groups is 1. The van der Waals surface area contributed by atoms with Crippen LogP contribution in [0.15, 0.2) is 35.0 Å². The van der Waals surface area contributed by atoms with Gasteiger partial charge in [0.1, 0.15) is 5.82 Å². The topological polar surface area (TPSA) is 55.1 Å². The minimum atomic E-state index is -0.913. The molecule has 1 N–H and O–H groups in total. The van der Waals surface area contributed by atoms with Crippen LogP contribution in [0.1, 0.15) is 34.7 Å². The summed E-state index contributed by atoms with van der Waals surface area (Å²) in [4.78, 5) is 16.0. The van der Waals surface area contributed by atoms with Gasteiger partial charge in [0.15, 0.2) is 0 Å². The van der Waals surface area contributed by atoms with Crippen LogP contribution in [0.3, 0.4) is 0 Å². The summed E-state index contributed by atoms with van der Waals surface area (Å²) in [6, 6.07) is 7.51. The number of thiophene rings is 1. The molecule has 1 unspecified atom stereocenters. The Morgan fingerprint density at radius 1 is 1.43 bits per heavy atom. The molecule has 0 saturated heterocycles. The summed E-state index contributed by atoms with van der Waals surface area (Å²) in [5.41, 5.74) is 3.03. The summed E-state index contributed by atoms with van der Waals surface area (Å²) in [6.45, 7) is 4.03. The highest BCUT2D eigenvalue weighted by Gasteiger charge is 2.19. The number of carboxylic acid groups (broad SMARTS) is 1. The third-order valence-electron chi connectivity index (χ3n) is 3.67. The first-order chi connectivity index (χ1) is 10.1. The summed E-state index contributed by atoms with van der Waals surface area (Å²) in [5.74, 6) is -0.0640. The molecule has 4 nitrogen and oxygen atoms in total. The average molecular weight is 300 g/mol. The monoisotopic (exact) mass is 300 g/mol. The van der Waals surface area contributed by atoms with Crippen molar-refractivity contribution in [2.24, 2.45) is 0 Å². The van der Waals surface area contributed by atoms with Gasteiger partial charge in [0, 0.05) is 6.04 Å². The third-order valence-corrected chi connectivity index (χ3v) is 4.40. The predicted octanol–water partition coefficient (Wildman–Crippen LogP) is 3.91. The second-order valence-corrected chi connectivity index (χ2v) is 5.97.